The van der Waals surface area contributed by atoms with Gasteiger partial charge in [-0.1, -0.05) is 37.9 Å². The van der Waals surface area contributed by atoms with Crippen LogP contribution in [0.4, 0.5) is 11.4 Å². The Hall–Kier alpha value is -3.00. The Morgan fingerprint density at radius 1 is 1.06 bits per heavy atom. The number of unbranched alkanes of at least 4 members (excludes halogenated alkanes) is 3. The van der Waals surface area contributed by atoms with Crippen LogP contribution in [0.15, 0.2) is 53.5 Å². The van der Waals surface area contributed by atoms with E-state index in [4.69, 9.17) is 9.47 Å². The van der Waals surface area contributed by atoms with Crippen LogP contribution >= 0.6 is 11.8 Å². The number of ether oxygens (including phenoxy) is 2. The first kappa shape index (κ1) is 25.6. The second kappa shape index (κ2) is 13.0. The minimum atomic E-state index is -0.554. The van der Waals surface area contributed by atoms with Crippen LogP contribution in [0.1, 0.15) is 46.0 Å². The summed E-state index contributed by atoms with van der Waals surface area (Å²) in [5, 5.41) is 2.89. The summed E-state index contributed by atoms with van der Waals surface area (Å²) in [6.45, 7) is 5.27. The highest BCUT2D eigenvalue weighted by Gasteiger charge is 2.35. The molecule has 34 heavy (non-hydrogen) atoms. The van der Waals surface area contributed by atoms with Gasteiger partial charge < -0.3 is 14.8 Å². The normalized spacial score (nSPS) is 17.0. The van der Waals surface area contributed by atoms with Gasteiger partial charge in [-0.05, 0) is 61.9 Å². The lowest BCUT2D eigenvalue weighted by Crippen LogP contribution is -2.45. The largest absolute Gasteiger partial charge is 0.497 e. The molecular weight excluding hydrogens is 450 g/mol. The van der Waals surface area contributed by atoms with Crippen molar-refractivity contribution in [1.82, 2.24) is 4.90 Å². The molecule has 1 aliphatic rings. The standard InChI is InChI=1S/C26H33N3O4S/c1-4-6-7-8-17-33-22-15-11-19(12-16-22)27-25(31)23-18-24(30)29(5-2)26(34-23)28-20-9-13-21(32-3)14-10-20/h9-16,23H,4-8,17-18H2,1-3H3,(H,27,31)/t23-/m1/s1. The molecule has 0 unspecified atom stereocenters. The number of carbonyl (C=O) groups is 2. The summed E-state index contributed by atoms with van der Waals surface area (Å²) >= 11 is 1.31. The molecular formula is C26H33N3O4S. The molecule has 1 aliphatic heterocycles. The quantitative estimate of drug-likeness (QED) is 0.419. The van der Waals surface area contributed by atoms with E-state index in [0.29, 0.717) is 29.7 Å². The summed E-state index contributed by atoms with van der Waals surface area (Å²) in [6, 6.07) is 14.6. The van der Waals surface area contributed by atoms with Gasteiger partial charge in [0.25, 0.3) is 0 Å². The Morgan fingerprint density at radius 3 is 2.41 bits per heavy atom. The number of carbonyl (C=O) groups excluding carboxylic acids is 2. The van der Waals surface area contributed by atoms with Crippen LogP contribution in [0.3, 0.4) is 0 Å². The lowest BCUT2D eigenvalue weighted by molar-refractivity contribution is -0.129. The Morgan fingerprint density at radius 2 is 1.76 bits per heavy atom. The maximum Gasteiger partial charge on any atom is 0.238 e. The molecule has 182 valence electrons. The first-order valence-electron chi connectivity index (χ1n) is 11.8. The molecule has 7 nitrogen and oxygen atoms in total. The van der Waals surface area contributed by atoms with Crippen LogP contribution in [0, 0.1) is 0 Å². The third kappa shape index (κ3) is 7.25. The van der Waals surface area contributed by atoms with Crippen molar-refractivity contribution in [3.8, 4) is 11.5 Å². The van der Waals surface area contributed by atoms with Crippen molar-refractivity contribution < 1.29 is 19.1 Å². The Bertz CT molecular complexity index is 977. The topological polar surface area (TPSA) is 80.2 Å². The van der Waals surface area contributed by atoms with Gasteiger partial charge in [0.2, 0.25) is 11.8 Å². The number of anilines is 1. The summed E-state index contributed by atoms with van der Waals surface area (Å²) in [7, 11) is 1.60. The molecule has 1 atom stereocenters. The van der Waals surface area contributed by atoms with E-state index in [-0.39, 0.29) is 18.2 Å². The number of nitrogens with one attached hydrogen (secondary N) is 1. The van der Waals surface area contributed by atoms with Crippen molar-refractivity contribution in [3.63, 3.8) is 0 Å². The Labute approximate surface area is 205 Å². The molecule has 0 bridgehead atoms. The molecule has 0 radical (unpaired) electrons. The van der Waals surface area contributed by atoms with Crippen LogP contribution in [-0.2, 0) is 9.59 Å². The smallest absolute Gasteiger partial charge is 0.238 e. The van der Waals surface area contributed by atoms with Crippen molar-refractivity contribution in [2.75, 3.05) is 25.6 Å². The lowest BCUT2D eigenvalue weighted by atomic mass is 10.2. The number of hydrogen-bond acceptors (Lipinski definition) is 6. The van der Waals surface area contributed by atoms with E-state index in [1.807, 2.05) is 55.5 Å². The zero-order valence-corrected chi connectivity index (χ0v) is 20.9. The van der Waals surface area contributed by atoms with Gasteiger partial charge in [-0.15, -0.1) is 0 Å². The minimum absolute atomic E-state index is 0.111. The fraction of sp³-hybridized carbons (Fsp3) is 0.423. The highest BCUT2D eigenvalue weighted by Crippen LogP contribution is 2.30. The van der Waals surface area contributed by atoms with Crippen LogP contribution in [0.25, 0.3) is 0 Å². The van der Waals surface area contributed by atoms with Gasteiger partial charge in [0.1, 0.15) is 16.7 Å². The van der Waals surface area contributed by atoms with Gasteiger partial charge in [0.15, 0.2) is 5.17 Å². The van der Waals surface area contributed by atoms with Crippen molar-refractivity contribution in [1.29, 1.82) is 0 Å². The molecule has 2 aromatic rings. The van der Waals surface area contributed by atoms with Crippen LogP contribution in [0.5, 0.6) is 11.5 Å². The maximum absolute atomic E-state index is 12.9. The summed E-state index contributed by atoms with van der Waals surface area (Å²) in [4.78, 5) is 31.9. The van der Waals surface area contributed by atoms with Crippen LogP contribution < -0.4 is 14.8 Å². The highest BCUT2D eigenvalue weighted by atomic mass is 32.2. The number of nitrogens with zero attached hydrogens (tertiary/aromatic N) is 2. The number of hydrogen-bond donors (Lipinski definition) is 1. The zero-order valence-electron chi connectivity index (χ0n) is 20.1. The van der Waals surface area contributed by atoms with Crippen molar-refractivity contribution in [3.05, 3.63) is 48.5 Å². The molecule has 1 heterocycles. The third-order valence-corrected chi connectivity index (χ3v) is 6.62. The average molecular weight is 484 g/mol. The first-order valence-corrected chi connectivity index (χ1v) is 12.7. The molecule has 1 N–H and O–H groups in total. The second-order valence-electron chi connectivity index (χ2n) is 7.96. The van der Waals surface area contributed by atoms with Gasteiger partial charge in [0.05, 0.1) is 19.4 Å². The third-order valence-electron chi connectivity index (χ3n) is 5.43. The molecule has 0 spiro atoms. The molecule has 2 aromatic carbocycles. The van der Waals surface area contributed by atoms with E-state index in [2.05, 4.69) is 17.2 Å². The number of amidine groups is 1. The van der Waals surface area contributed by atoms with Gasteiger partial charge in [-0.3, -0.25) is 14.5 Å². The fourth-order valence-corrected chi connectivity index (χ4v) is 4.66. The van der Waals surface area contributed by atoms with Gasteiger partial charge in [0, 0.05) is 18.7 Å². The van der Waals surface area contributed by atoms with Crippen LogP contribution in [-0.4, -0.2) is 47.4 Å². The molecule has 0 aliphatic carbocycles. The molecule has 0 aromatic heterocycles. The molecule has 2 amide bonds. The SMILES string of the molecule is CCCCCCOc1ccc(NC(=O)[C@H]2CC(=O)N(CC)C(=Nc3ccc(OC)cc3)S2)cc1. The average Bonchev–Trinajstić information content (AvgIpc) is 2.85. The first-order chi connectivity index (χ1) is 16.5. The Kier molecular flexibility index (Phi) is 9.82. The molecule has 1 saturated heterocycles. The van der Waals surface area contributed by atoms with Crippen molar-refractivity contribution in [2.24, 2.45) is 4.99 Å². The van der Waals surface area contributed by atoms with Gasteiger partial charge >= 0.3 is 0 Å². The number of amides is 2. The predicted octanol–water partition coefficient (Wildman–Crippen LogP) is 5.63. The molecule has 3 rings (SSSR count). The number of methoxy groups -OCH3 is 1. The van der Waals surface area contributed by atoms with E-state index < -0.39 is 5.25 Å². The van der Waals surface area contributed by atoms with Crippen molar-refractivity contribution in [2.45, 2.75) is 51.2 Å². The van der Waals surface area contributed by atoms with E-state index in [1.165, 1.54) is 31.0 Å². The predicted molar refractivity (Wildman–Crippen MR) is 138 cm³/mol. The summed E-state index contributed by atoms with van der Waals surface area (Å²) in [5.41, 5.74) is 1.36. The van der Waals surface area contributed by atoms with Gasteiger partial charge in [-0.25, -0.2) is 4.99 Å². The monoisotopic (exact) mass is 483 g/mol. The number of thioether (sulfide) groups is 1. The van der Waals surface area contributed by atoms with E-state index in [1.54, 1.807) is 12.0 Å². The van der Waals surface area contributed by atoms with Gasteiger partial charge in [-0.2, -0.15) is 0 Å². The minimum Gasteiger partial charge on any atom is -0.497 e. The van der Waals surface area contributed by atoms with Crippen LogP contribution in [0.2, 0.25) is 0 Å². The van der Waals surface area contributed by atoms with E-state index in [9.17, 15) is 9.59 Å². The maximum atomic E-state index is 12.9. The van der Waals surface area contributed by atoms with E-state index in [0.717, 1.165) is 17.9 Å². The summed E-state index contributed by atoms with van der Waals surface area (Å²) < 4.78 is 10.9. The van der Waals surface area contributed by atoms with E-state index >= 15 is 0 Å². The summed E-state index contributed by atoms with van der Waals surface area (Å²) in [6.07, 6.45) is 4.75. The lowest BCUT2D eigenvalue weighted by Gasteiger charge is -2.30. The van der Waals surface area contributed by atoms with Crippen molar-refractivity contribution >= 4 is 40.1 Å². The number of aliphatic imine (C=N–C) groups is 1. The number of benzene rings is 2. The highest BCUT2D eigenvalue weighted by molar-refractivity contribution is 8.15. The second-order valence-corrected chi connectivity index (χ2v) is 9.13. The molecule has 8 heteroatoms. The zero-order chi connectivity index (χ0) is 24.3. The summed E-state index contributed by atoms with van der Waals surface area (Å²) in [5.74, 6) is 1.18. The fourth-order valence-electron chi connectivity index (χ4n) is 3.50. The molecule has 0 saturated carbocycles. The number of rotatable bonds is 11. The molecule has 1 fully saturated rings. The Balaban J connectivity index is 1.61.